The molecule has 0 saturated carbocycles. The fourth-order valence-corrected chi connectivity index (χ4v) is 5.33. The Morgan fingerprint density at radius 2 is 1.61 bits per heavy atom. The van der Waals surface area contributed by atoms with Gasteiger partial charge in [-0.15, -0.1) is 0 Å². The second kappa shape index (κ2) is 8.70. The second-order valence-corrected chi connectivity index (χ2v) is 11.3. The second-order valence-electron chi connectivity index (χ2n) is 4.23. The molecule has 0 saturated heterocycles. The van der Waals surface area contributed by atoms with Gasteiger partial charge in [-0.05, 0) is 30.6 Å². The van der Waals surface area contributed by atoms with Crippen LogP contribution in [0.25, 0.3) is 0 Å². The number of methoxy groups -OCH3 is 1. The van der Waals surface area contributed by atoms with Crippen LogP contribution in [0.1, 0.15) is 27.2 Å². The molecule has 0 heterocycles. The zero-order chi connectivity index (χ0) is 14.2. The fraction of sp³-hybridized carbons (Fsp3) is 0.833. The molecule has 0 aromatic carbocycles. The van der Waals surface area contributed by atoms with Crippen LogP contribution in [-0.4, -0.2) is 25.3 Å². The summed E-state index contributed by atoms with van der Waals surface area (Å²) in [6.07, 6.45) is 3.53. The summed E-state index contributed by atoms with van der Waals surface area (Å²) in [5.74, 6) is 0. The van der Waals surface area contributed by atoms with Crippen molar-refractivity contribution in [2.45, 2.75) is 55.2 Å². The van der Waals surface area contributed by atoms with E-state index < -0.39 is 18.2 Å². The number of rotatable bonds is 8. The summed E-state index contributed by atoms with van der Waals surface area (Å²) in [6, 6.07) is 3.10. The largest absolute Gasteiger partial charge is 0.505 e. The maximum absolute atomic E-state index is 6.23. The Balaban J connectivity index is 4.82. The van der Waals surface area contributed by atoms with Crippen molar-refractivity contribution in [3.8, 4) is 0 Å². The molecule has 18 heavy (non-hydrogen) atoms. The van der Waals surface area contributed by atoms with Crippen LogP contribution >= 0.6 is 34.8 Å². The van der Waals surface area contributed by atoms with Gasteiger partial charge in [0.2, 0.25) is 3.79 Å². The van der Waals surface area contributed by atoms with E-state index >= 15 is 0 Å². The molecule has 0 aliphatic rings. The summed E-state index contributed by atoms with van der Waals surface area (Å²) < 4.78 is 9.69. The van der Waals surface area contributed by atoms with Gasteiger partial charge in [0.05, 0.1) is 19.5 Å². The minimum Gasteiger partial charge on any atom is -0.505 e. The van der Waals surface area contributed by atoms with Crippen molar-refractivity contribution >= 4 is 43.1 Å². The molecule has 0 spiro atoms. The van der Waals surface area contributed by atoms with Gasteiger partial charge in [-0.2, -0.15) is 0 Å². The van der Waals surface area contributed by atoms with E-state index in [0.717, 1.165) is 18.1 Å². The molecule has 0 aromatic heterocycles. The molecule has 0 radical (unpaired) electrons. The first kappa shape index (κ1) is 18.6. The van der Waals surface area contributed by atoms with Crippen molar-refractivity contribution in [3.05, 3.63) is 12.3 Å². The molecule has 0 aliphatic heterocycles. The Bertz CT molecular complexity index is 242. The van der Waals surface area contributed by atoms with Crippen molar-refractivity contribution in [1.82, 2.24) is 0 Å². The molecule has 0 fully saturated rings. The van der Waals surface area contributed by atoms with Gasteiger partial charge in [0, 0.05) is 0 Å². The smallest absolute Gasteiger partial charge is 0.215 e. The highest BCUT2D eigenvalue weighted by molar-refractivity contribution is 6.74. The SMILES string of the molecule is CC[Si](CC)(CC)O[C@H](C/C=C/OC)C(Cl)(Cl)Cl. The van der Waals surface area contributed by atoms with Crippen LogP contribution < -0.4 is 0 Å². The Kier molecular flexibility index (Phi) is 8.98. The first-order valence-corrected chi connectivity index (χ1v) is 9.93. The van der Waals surface area contributed by atoms with Crippen LogP contribution in [-0.2, 0) is 9.16 Å². The maximum Gasteiger partial charge on any atom is 0.215 e. The molecule has 108 valence electrons. The van der Waals surface area contributed by atoms with E-state index in [-0.39, 0.29) is 0 Å². The third-order valence-electron chi connectivity index (χ3n) is 3.27. The minimum atomic E-state index is -1.78. The lowest BCUT2D eigenvalue weighted by Crippen LogP contribution is -2.44. The standard InChI is InChI=1S/C12H23Cl3O2Si/c1-5-18(6-2,7-3)17-11(12(13,14)15)9-8-10-16-4/h8,10-11H,5-7,9H2,1-4H3/b10-8+/t11-/m1/s1. The Morgan fingerprint density at radius 3 is 1.94 bits per heavy atom. The van der Waals surface area contributed by atoms with Gasteiger partial charge in [-0.1, -0.05) is 55.6 Å². The van der Waals surface area contributed by atoms with Crippen molar-refractivity contribution in [2.75, 3.05) is 7.11 Å². The molecule has 0 amide bonds. The summed E-state index contributed by atoms with van der Waals surface area (Å²) >= 11 is 18.0. The lowest BCUT2D eigenvalue weighted by atomic mass is 10.3. The summed E-state index contributed by atoms with van der Waals surface area (Å²) in [5, 5.41) is 0. The molecular weight excluding hydrogens is 311 g/mol. The van der Waals surface area contributed by atoms with Gasteiger partial charge in [-0.3, -0.25) is 0 Å². The van der Waals surface area contributed by atoms with Gasteiger partial charge >= 0.3 is 0 Å². The molecule has 0 aromatic rings. The number of hydrogen-bond acceptors (Lipinski definition) is 2. The molecule has 2 nitrogen and oxygen atoms in total. The normalized spacial score (nSPS) is 15.1. The van der Waals surface area contributed by atoms with E-state index in [2.05, 4.69) is 20.8 Å². The highest BCUT2D eigenvalue weighted by Crippen LogP contribution is 2.38. The van der Waals surface area contributed by atoms with E-state index in [0.29, 0.717) is 6.42 Å². The molecule has 0 N–H and O–H groups in total. The van der Waals surface area contributed by atoms with Gasteiger partial charge in [0.25, 0.3) is 0 Å². The third-order valence-corrected chi connectivity index (χ3v) is 8.65. The average Bonchev–Trinajstić information content (AvgIpc) is 2.33. The van der Waals surface area contributed by atoms with Gasteiger partial charge in [0.1, 0.15) is 0 Å². The Hall–Kier alpha value is 0.587. The Labute approximate surface area is 127 Å². The number of hydrogen-bond donors (Lipinski definition) is 0. The predicted octanol–water partition coefficient (Wildman–Crippen LogP) is 5.30. The zero-order valence-corrected chi connectivity index (χ0v) is 14.8. The summed E-state index contributed by atoms with van der Waals surface area (Å²) in [7, 11) is -0.190. The summed E-state index contributed by atoms with van der Waals surface area (Å²) in [6.45, 7) is 6.46. The quantitative estimate of drug-likeness (QED) is 0.341. The van der Waals surface area contributed by atoms with Crippen molar-refractivity contribution < 1.29 is 9.16 Å². The third kappa shape index (κ3) is 6.16. The molecule has 0 rings (SSSR count). The topological polar surface area (TPSA) is 18.5 Å². The first-order valence-electron chi connectivity index (χ1n) is 6.27. The summed E-state index contributed by atoms with van der Waals surface area (Å²) in [5.41, 5.74) is 0. The molecule has 0 aliphatic carbocycles. The highest BCUT2D eigenvalue weighted by Gasteiger charge is 2.40. The molecule has 6 heteroatoms. The van der Waals surface area contributed by atoms with E-state index in [1.807, 2.05) is 6.08 Å². The van der Waals surface area contributed by atoms with Crippen molar-refractivity contribution in [3.63, 3.8) is 0 Å². The fourth-order valence-electron chi connectivity index (χ4n) is 1.83. The first-order chi connectivity index (χ1) is 8.35. The van der Waals surface area contributed by atoms with E-state index in [1.54, 1.807) is 13.4 Å². The predicted molar refractivity (Wildman–Crippen MR) is 83.1 cm³/mol. The van der Waals surface area contributed by atoms with Gasteiger partial charge < -0.3 is 9.16 Å². The van der Waals surface area contributed by atoms with Gasteiger partial charge in [-0.25, -0.2) is 0 Å². The molecular formula is C12H23Cl3O2Si. The monoisotopic (exact) mass is 332 g/mol. The average molecular weight is 334 g/mol. The van der Waals surface area contributed by atoms with Crippen molar-refractivity contribution in [2.24, 2.45) is 0 Å². The van der Waals surface area contributed by atoms with E-state index in [1.165, 1.54) is 0 Å². The van der Waals surface area contributed by atoms with Crippen LogP contribution in [0.5, 0.6) is 0 Å². The summed E-state index contributed by atoms with van der Waals surface area (Å²) in [4.78, 5) is 0. The lowest BCUT2D eigenvalue weighted by Gasteiger charge is -2.35. The number of alkyl halides is 3. The highest BCUT2D eigenvalue weighted by atomic mass is 35.6. The van der Waals surface area contributed by atoms with Crippen LogP contribution in [0, 0.1) is 0 Å². The molecule has 1 atom stereocenters. The molecule has 0 bridgehead atoms. The molecule has 0 unspecified atom stereocenters. The maximum atomic E-state index is 6.23. The minimum absolute atomic E-state index is 0.416. The van der Waals surface area contributed by atoms with Crippen LogP contribution in [0.15, 0.2) is 12.3 Å². The number of halogens is 3. The van der Waals surface area contributed by atoms with Crippen LogP contribution in [0.4, 0.5) is 0 Å². The van der Waals surface area contributed by atoms with Gasteiger partial charge in [0.15, 0.2) is 8.32 Å². The van der Waals surface area contributed by atoms with E-state index in [4.69, 9.17) is 44.0 Å². The van der Waals surface area contributed by atoms with Crippen LogP contribution in [0.2, 0.25) is 18.1 Å². The van der Waals surface area contributed by atoms with E-state index in [9.17, 15) is 0 Å². The Morgan fingerprint density at radius 1 is 1.11 bits per heavy atom. The van der Waals surface area contributed by atoms with Crippen LogP contribution in [0.3, 0.4) is 0 Å². The van der Waals surface area contributed by atoms with Crippen molar-refractivity contribution in [1.29, 1.82) is 0 Å². The lowest BCUT2D eigenvalue weighted by molar-refractivity contribution is 0.192. The zero-order valence-electron chi connectivity index (χ0n) is 11.5. The number of ether oxygens (including phenoxy) is 1.